The Balaban J connectivity index is 2.05. The zero-order valence-electron chi connectivity index (χ0n) is 12.8. The van der Waals surface area contributed by atoms with Gasteiger partial charge in [0.2, 0.25) is 0 Å². The van der Waals surface area contributed by atoms with Crippen LogP contribution in [0.3, 0.4) is 0 Å². The molecule has 0 aliphatic carbocycles. The molecule has 0 radical (unpaired) electrons. The maximum atomic E-state index is 11.7. The predicted molar refractivity (Wildman–Crippen MR) is 90.5 cm³/mol. The van der Waals surface area contributed by atoms with E-state index < -0.39 is 0 Å². The Morgan fingerprint density at radius 3 is 2.86 bits per heavy atom. The summed E-state index contributed by atoms with van der Waals surface area (Å²) in [6.45, 7) is 6.37. The number of thiazole rings is 1. The first-order valence-corrected chi connectivity index (χ1v) is 8.97. The van der Waals surface area contributed by atoms with Crippen molar-refractivity contribution in [2.75, 3.05) is 19.7 Å². The fourth-order valence-corrected chi connectivity index (χ4v) is 3.83. The van der Waals surface area contributed by atoms with Crippen LogP contribution in [0.4, 0.5) is 0 Å². The van der Waals surface area contributed by atoms with Gasteiger partial charge in [0.05, 0.1) is 23.6 Å². The summed E-state index contributed by atoms with van der Waals surface area (Å²) in [6.07, 6.45) is 0.370. The van der Waals surface area contributed by atoms with Crippen molar-refractivity contribution in [1.82, 2.24) is 9.88 Å². The van der Waals surface area contributed by atoms with Crippen LogP contribution in [-0.4, -0.2) is 35.5 Å². The van der Waals surface area contributed by atoms with Crippen LogP contribution in [0, 0.1) is 0 Å². The van der Waals surface area contributed by atoms with Crippen LogP contribution in [0.1, 0.15) is 25.1 Å². The van der Waals surface area contributed by atoms with Gasteiger partial charge in [-0.05, 0) is 24.9 Å². The van der Waals surface area contributed by atoms with Gasteiger partial charge in [0.15, 0.2) is 0 Å². The lowest BCUT2D eigenvalue weighted by atomic mass is 10.2. The van der Waals surface area contributed by atoms with Gasteiger partial charge in [0.25, 0.3) is 0 Å². The van der Waals surface area contributed by atoms with Gasteiger partial charge in [0, 0.05) is 18.0 Å². The zero-order valence-corrected chi connectivity index (χ0v) is 14.4. The van der Waals surface area contributed by atoms with Crippen molar-refractivity contribution in [3.05, 3.63) is 32.1 Å². The first kappa shape index (κ1) is 16.9. The van der Waals surface area contributed by atoms with Crippen molar-refractivity contribution >= 4 is 28.6 Å². The number of carbonyl (C=O) groups is 1. The fourth-order valence-electron chi connectivity index (χ4n) is 2.13. The highest BCUT2D eigenvalue weighted by atomic mass is 32.1. The molecule has 0 amide bonds. The lowest BCUT2D eigenvalue weighted by Gasteiger charge is -2.19. The number of esters is 1. The molecule has 2 rings (SSSR count). The Labute approximate surface area is 137 Å². The number of aromatic nitrogens is 1. The third-order valence-electron chi connectivity index (χ3n) is 3.24. The third-order valence-corrected chi connectivity index (χ3v) is 5.00. The number of aromatic amines is 1. The number of ether oxygens (including phenoxy) is 1. The largest absolute Gasteiger partial charge is 0.466 e. The second kappa shape index (κ2) is 8.26. The number of nitrogens with one attached hydrogen (secondary N) is 1. The van der Waals surface area contributed by atoms with Gasteiger partial charge in [-0.15, -0.1) is 11.3 Å². The molecule has 5 nitrogen and oxygen atoms in total. The number of nitrogens with zero attached hydrogens (tertiary/aromatic N) is 1. The Morgan fingerprint density at radius 1 is 1.41 bits per heavy atom. The van der Waals surface area contributed by atoms with Crippen molar-refractivity contribution in [3.63, 3.8) is 0 Å². The van der Waals surface area contributed by atoms with Crippen LogP contribution in [0.15, 0.2) is 22.3 Å². The van der Waals surface area contributed by atoms with E-state index in [1.165, 1.54) is 11.3 Å². The quantitative estimate of drug-likeness (QED) is 0.751. The summed E-state index contributed by atoms with van der Waals surface area (Å²) < 4.78 is 4.96. The van der Waals surface area contributed by atoms with Gasteiger partial charge >= 0.3 is 10.8 Å². The molecule has 0 saturated carbocycles. The molecule has 0 aromatic carbocycles. The van der Waals surface area contributed by atoms with E-state index in [9.17, 15) is 9.59 Å². The monoisotopic (exact) mass is 340 g/mol. The van der Waals surface area contributed by atoms with Gasteiger partial charge < -0.3 is 9.72 Å². The van der Waals surface area contributed by atoms with Crippen LogP contribution in [0.25, 0.3) is 10.6 Å². The zero-order chi connectivity index (χ0) is 15.9. The minimum absolute atomic E-state index is 0.0418. The topological polar surface area (TPSA) is 62.4 Å². The van der Waals surface area contributed by atoms with Gasteiger partial charge in [-0.1, -0.05) is 24.3 Å². The smallest absolute Gasteiger partial charge is 0.307 e. The third kappa shape index (κ3) is 4.53. The van der Waals surface area contributed by atoms with Gasteiger partial charge in [-0.3, -0.25) is 14.5 Å². The normalized spacial score (nSPS) is 11.0. The Hall–Kier alpha value is -1.44. The average Bonchev–Trinajstić information content (AvgIpc) is 3.13. The summed E-state index contributed by atoms with van der Waals surface area (Å²) in [7, 11) is 0. The molecule has 0 aliphatic heterocycles. The molecule has 1 N–H and O–H groups in total. The van der Waals surface area contributed by atoms with Crippen molar-refractivity contribution in [1.29, 1.82) is 0 Å². The molecule has 0 aliphatic rings. The molecular weight excluding hydrogens is 320 g/mol. The first-order valence-electron chi connectivity index (χ1n) is 7.27. The number of rotatable bonds is 8. The van der Waals surface area contributed by atoms with E-state index in [1.807, 2.05) is 24.4 Å². The van der Waals surface area contributed by atoms with Crippen LogP contribution in [-0.2, 0) is 16.1 Å². The molecule has 7 heteroatoms. The van der Waals surface area contributed by atoms with Crippen LogP contribution < -0.4 is 4.87 Å². The van der Waals surface area contributed by atoms with Crippen LogP contribution in [0.2, 0.25) is 0 Å². The Morgan fingerprint density at radius 2 is 2.23 bits per heavy atom. The molecular formula is C15H20N2O3S2. The summed E-state index contributed by atoms with van der Waals surface area (Å²) in [4.78, 5) is 30.3. The maximum absolute atomic E-state index is 11.7. The number of thiophene rings is 1. The van der Waals surface area contributed by atoms with Crippen molar-refractivity contribution in [2.45, 2.75) is 26.8 Å². The first-order chi connectivity index (χ1) is 10.6. The van der Waals surface area contributed by atoms with Gasteiger partial charge in [-0.25, -0.2) is 0 Å². The van der Waals surface area contributed by atoms with Crippen LogP contribution in [0.5, 0.6) is 0 Å². The molecule has 0 unspecified atom stereocenters. The van der Waals surface area contributed by atoms with Gasteiger partial charge in [0.1, 0.15) is 0 Å². The van der Waals surface area contributed by atoms with Crippen molar-refractivity contribution in [3.8, 4) is 10.6 Å². The molecule has 22 heavy (non-hydrogen) atoms. The van der Waals surface area contributed by atoms with E-state index >= 15 is 0 Å². The van der Waals surface area contributed by atoms with E-state index in [0.717, 1.165) is 22.0 Å². The lowest BCUT2D eigenvalue weighted by Crippen LogP contribution is -2.26. The summed E-state index contributed by atoms with van der Waals surface area (Å²) in [5, 5.41) is 1.99. The van der Waals surface area contributed by atoms with E-state index in [1.54, 1.807) is 18.3 Å². The molecule has 2 heterocycles. The predicted octanol–water partition coefficient (Wildman–Crippen LogP) is 2.94. The standard InChI is InChI=1S/C15H20N2O3S2/c1-3-17(8-7-13(18)20-4-2)10-12-14(16-15(19)22-12)11-6-5-9-21-11/h5-6,9H,3-4,7-8,10H2,1-2H3,(H,16,19). The summed E-state index contributed by atoms with van der Waals surface area (Å²) in [5.41, 5.74) is 0.902. The lowest BCUT2D eigenvalue weighted by molar-refractivity contribution is -0.143. The highest BCUT2D eigenvalue weighted by Gasteiger charge is 2.15. The van der Waals surface area contributed by atoms with Gasteiger partial charge in [-0.2, -0.15) is 0 Å². The number of hydrogen-bond acceptors (Lipinski definition) is 6. The summed E-state index contributed by atoms with van der Waals surface area (Å²) in [5.74, 6) is -0.179. The highest BCUT2D eigenvalue weighted by molar-refractivity contribution is 7.14. The second-order valence-electron chi connectivity index (χ2n) is 4.71. The minimum atomic E-state index is -0.179. The minimum Gasteiger partial charge on any atom is -0.466 e. The fraction of sp³-hybridized carbons (Fsp3) is 0.467. The Kier molecular flexibility index (Phi) is 6.35. The van der Waals surface area contributed by atoms with Crippen molar-refractivity contribution in [2.24, 2.45) is 0 Å². The maximum Gasteiger partial charge on any atom is 0.307 e. The summed E-state index contributed by atoms with van der Waals surface area (Å²) in [6, 6.07) is 3.97. The molecule has 120 valence electrons. The molecule has 0 bridgehead atoms. The molecule has 2 aromatic rings. The molecule has 0 fully saturated rings. The van der Waals surface area contributed by atoms with E-state index in [2.05, 4.69) is 9.88 Å². The number of H-pyrrole nitrogens is 1. The molecule has 0 saturated heterocycles. The van der Waals surface area contributed by atoms with E-state index in [4.69, 9.17) is 4.74 Å². The molecule has 2 aromatic heterocycles. The van der Waals surface area contributed by atoms with E-state index in [0.29, 0.717) is 26.1 Å². The second-order valence-corrected chi connectivity index (χ2v) is 6.73. The molecule has 0 spiro atoms. The average molecular weight is 340 g/mol. The molecule has 0 atom stereocenters. The number of carbonyl (C=O) groups excluding carboxylic acids is 1. The van der Waals surface area contributed by atoms with Crippen molar-refractivity contribution < 1.29 is 9.53 Å². The number of hydrogen-bond donors (Lipinski definition) is 1. The summed E-state index contributed by atoms with van der Waals surface area (Å²) >= 11 is 2.85. The van der Waals surface area contributed by atoms with E-state index in [-0.39, 0.29) is 10.8 Å². The van der Waals surface area contributed by atoms with Crippen LogP contribution >= 0.6 is 22.7 Å². The Bertz CT molecular complexity index is 646. The SMILES string of the molecule is CCOC(=O)CCN(CC)Cc1sc(=O)[nH]c1-c1cccs1. The highest BCUT2D eigenvalue weighted by Crippen LogP contribution is 2.28.